The lowest BCUT2D eigenvalue weighted by Gasteiger charge is -2.40. The maximum atomic E-state index is 13.6. The molecule has 1 aliphatic rings. The monoisotopic (exact) mass is 405 g/mol. The summed E-state index contributed by atoms with van der Waals surface area (Å²) in [6, 6.07) is 10.4. The van der Waals surface area contributed by atoms with Gasteiger partial charge in [-0.1, -0.05) is 47.7 Å². The van der Waals surface area contributed by atoms with Crippen molar-refractivity contribution >= 4 is 45.5 Å². The summed E-state index contributed by atoms with van der Waals surface area (Å²) in [5.41, 5.74) is 0.0796. The Bertz CT molecular complexity index is 906. The van der Waals surface area contributed by atoms with Gasteiger partial charge in [0.15, 0.2) is 4.34 Å². The van der Waals surface area contributed by atoms with E-state index in [1.807, 2.05) is 17.5 Å². The summed E-state index contributed by atoms with van der Waals surface area (Å²) in [4.78, 5) is 14.2. The van der Waals surface area contributed by atoms with Crippen molar-refractivity contribution in [3.8, 4) is 0 Å². The Morgan fingerprint density at radius 3 is 2.85 bits per heavy atom. The van der Waals surface area contributed by atoms with Crippen LogP contribution in [0.15, 0.2) is 46.1 Å². The summed E-state index contributed by atoms with van der Waals surface area (Å²) in [5.74, 6) is 0.401. The molecule has 0 spiro atoms. The van der Waals surface area contributed by atoms with Crippen molar-refractivity contribution in [3.63, 3.8) is 0 Å². The molecular weight excluding hydrogens is 389 g/mol. The number of hydrogen-bond acceptors (Lipinski definition) is 6. The van der Waals surface area contributed by atoms with Crippen LogP contribution in [0, 0.1) is 5.82 Å². The molecule has 4 rings (SSSR count). The van der Waals surface area contributed by atoms with Crippen molar-refractivity contribution in [1.29, 1.82) is 0 Å². The van der Waals surface area contributed by atoms with Crippen molar-refractivity contribution in [2.75, 3.05) is 5.32 Å². The second-order valence-corrected chi connectivity index (χ2v) is 9.37. The average molecular weight is 406 g/mol. The van der Waals surface area contributed by atoms with Crippen LogP contribution >= 0.6 is 34.4 Å². The van der Waals surface area contributed by atoms with E-state index < -0.39 is 5.41 Å². The van der Waals surface area contributed by atoms with Crippen LogP contribution in [0.25, 0.3) is 0 Å². The maximum absolute atomic E-state index is 13.6. The van der Waals surface area contributed by atoms with Crippen LogP contribution in [-0.2, 0) is 16.0 Å². The Morgan fingerprint density at radius 2 is 2.15 bits per heavy atom. The molecule has 2 heterocycles. The highest BCUT2D eigenvalue weighted by molar-refractivity contribution is 8.00. The fourth-order valence-electron chi connectivity index (χ4n) is 3.03. The van der Waals surface area contributed by atoms with Gasteiger partial charge in [-0.3, -0.25) is 10.1 Å². The van der Waals surface area contributed by atoms with Crippen LogP contribution in [0.1, 0.15) is 29.7 Å². The zero-order chi connectivity index (χ0) is 18.0. The normalized spacial score (nSPS) is 15.4. The minimum Gasteiger partial charge on any atom is -0.300 e. The molecule has 0 atom stereocenters. The fraction of sp³-hybridized carbons (Fsp3) is 0.278. The number of carbonyl (C=O) groups excluding carboxylic acids is 1. The van der Waals surface area contributed by atoms with Crippen LogP contribution in [0.3, 0.4) is 0 Å². The smallest absolute Gasteiger partial charge is 0.236 e. The number of hydrogen-bond donors (Lipinski definition) is 1. The molecular formula is C18H16FN3OS3. The third-order valence-corrected chi connectivity index (χ3v) is 7.64. The Morgan fingerprint density at radius 1 is 1.27 bits per heavy atom. The minimum absolute atomic E-state index is 0.125. The van der Waals surface area contributed by atoms with Gasteiger partial charge in [0.05, 0.1) is 5.41 Å². The summed E-state index contributed by atoms with van der Waals surface area (Å²) in [5, 5.41) is 13.7. The topological polar surface area (TPSA) is 54.9 Å². The van der Waals surface area contributed by atoms with Crippen molar-refractivity contribution in [2.45, 2.75) is 34.8 Å². The third kappa shape index (κ3) is 3.54. The Labute approximate surface area is 162 Å². The van der Waals surface area contributed by atoms with Gasteiger partial charge in [0.2, 0.25) is 11.0 Å². The van der Waals surface area contributed by atoms with E-state index in [9.17, 15) is 9.18 Å². The summed E-state index contributed by atoms with van der Waals surface area (Å²) in [7, 11) is 0. The van der Waals surface area contributed by atoms with Gasteiger partial charge < -0.3 is 0 Å². The molecule has 26 heavy (non-hydrogen) atoms. The molecule has 0 radical (unpaired) electrons. The number of carbonyl (C=O) groups is 1. The second kappa shape index (κ2) is 7.46. The maximum Gasteiger partial charge on any atom is 0.236 e. The summed E-state index contributed by atoms with van der Waals surface area (Å²) >= 11 is 4.69. The van der Waals surface area contributed by atoms with Gasteiger partial charge in [-0.25, -0.2) is 4.39 Å². The van der Waals surface area contributed by atoms with Crippen LogP contribution in [0.4, 0.5) is 9.52 Å². The molecule has 0 unspecified atom stereocenters. The van der Waals surface area contributed by atoms with Gasteiger partial charge in [-0.15, -0.1) is 21.5 Å². The first-order valence-corrected chi connectivity index (χ1v) is 10.9. The lowest BCUT2D eigenvalue weighted by atomic mass is 9.64. The van der Waals surface area contributed by atoms with E-state index in [1.54, 1.807) is 29.2 Å². The summed E-state index contributed by atoms with van der Waals surface area (Å²) in [6.45, 7) is 0. The molecule has 1 amide bonds. The number of thiophene rings is 1. The van der Waals surface area contributed by atoms with Crippen LogP contribution < -0.4 is 5.32 Å². The number of thioether (sulfide) groups is 1. The van der Waals surface area contributed by atoms with E-state index in [0.29, 0.717) is 5.13 Å². The first-order valence-electron chi connectivity index (χ1n) is 8.22. The second-order valence-electron chi connectivity index (χ2n) is 6.14. The van der Waals surface area contributed by atoms with E-state index in [1.165, 1.54) is 28.3 Å². The molecule has 0 bridgehead atoms. The molecule has 0 saturated heterocycles. The number of amides is 1. The van der Waals surface area contributed by atoms with Crippen LogP contribution in [0.5, 0.6) is 0 Å². The highest BCUT2D eigenvalue weighted by atomic mass is 32.2. The molecule has 134 valence electrons. The summed E-state index contributed by atoms with van der Waals surface area (Å²) < 4.78 is 14.4. The standard InChI is InChI=1S/C18H16FN3OS3/c19-13-5-1-4-12(10-13)18(7-3-8-18)15(23)20-16-21-22-17(26-16)25-11-14-6-2-9-24-14/h1-2,4-6,9-10H,3,7-8,11H2,(H,20,21,23). The number of nitrogens with zero attached hydrogens (tertiary/aromatic N) is 2. The van der Waals surface area contributed by atoms with E-state index in [-0.39, 0.29) is 11.7 Å². The van der Waals surface area contributed by atoms with Crippen molar-refractivity contribution < 1.29 is 9.18 Å². The minimum atomic E-state index is -0.655. The number of nitrogens with one attached hydrogen (secondary N) is 1. The van der Waals surface area contributed by atoms with Crippen LogP contribution in [-0.4, -0.2) is 16.1 Å². The van der Waals surface area contributed by atoms with Crippen molar-refractivity contribution in [2.24, 2.45) is 0 Å². The number of benzene rings is 1. The third-order valence-electron chi connectivity index (χ3n) is 4.56. The molecule has 1 aliphatic carbocycles. The number of anilines is 1. The van der Waals surface area contributed by atoms with Gasteiger partial charge >= 0.3 is 0 Å². The number of aromatic nitrogens is 2. The quantitative estimate of drug-likeness (QED) is 0.458. The molecule has 8 heteroatoms. The molecule has 2 aromatic heterocycles. The first-order chi connectivity index (χ1) is 12.7. The Balaban J connectivity index is 1.44. The molecule has 0 aliphatic heterocycles. The number of halogens is 1. The largest absolute Gasteiger partial charge is 0.300 e. The lowest BCUT2D eigenvalue weighted by Crippen LogP contribution is -2.46. The van der Waals surface area contributed by atoms with Crippen LogP contribution in [0.2, 0.25) is 0 Å². The molecule has 1 N–H and O–H groups in total. The van der Waals surface area contributed by atoms with Gasteiger partial charge in [-0.05, 0) is 42.0 Å². The Kier molecular flexibility index (Phi) is 5.06. The zero-order valence-electron chi connectivity index (χ0n) is 13.8. The van der Waals surface area contributed by atoms with Gasteiger partial charge in [0.25, 0.3) is 0 Å². The molecule has 3 aromatic rings. The molecule has 1 saturated carbocycles. The predicted molar refractivity (Wildman–Crippen MR) is 104 cm³/mol. The average Bonchev–Trinajstić information content (AvgIpc) is 3.23. The van der Waals surface area contributed by atoms with E-state index in [0.717, 1.165) is 34.9 Å². The molecule has 4 nitrogen and oxygen atoms in total. The van der Waals surface area contributed by atoms with Crippen molar-refractivity contribution in [1.82, 2.24) is 10.2 Å². The summed E-state index contributed by atoms with van der Waals surface area (Å²) in [6.07, 6.45) is 2.41. The SMILES string of the molecule is O=C(Nc1nnc(SCc2cccs2)s1)C1(c2cccc(F)c2)CCC1. The van der Waals surface area contributed by atoms with Gasteiger partial charge in [0.1, 0.15) is 5.82 Å². The van der Waals surface area contributed by atoms with E-state index in [2.05, 4.69) is 21.6 Å². The zero-order valence-corrected chi connectivity index (χ0v) is 16.2. The highest BCUT2D eigenvalue weighted by Gasteiger charge is 2.46. The van der Waals surface area contributed by atoms with E-state index in [4.69, 9.17) is 0 Å². The van der Waals surface area contributed by atoms with Crippen molar-refractivity contribution in [3.05, 3.63) is 58.0 Å². The van der Waals surface area contributed by atoms with Gasteiger partial charge in [0, 0.05) is 10.6 Å². The predicted octanol–water partition coefficient (Wildman–Crippen LogP) is 5.09. The highest BCUT2D eigenvalue weighted by Crippen LogP contribution is 2.45. The molecule has 1 fully saturated rings. The van der Waals surface area contributed by atoms with E-state index >= 15 is 0 Å². The lowest BCUT2D eigenvalue weighted by molar-refractivity contribution is -0.124. The van der Waals surface area contributed by atoms with Gasteiger partial charge in [-0.2, -0.15) is 0 Å². The fourth-order valence-corrected chi connectivity index (χ4v) is 5.55. The molecule has 1 aromatic carbocycles. The first kappa shape index (κ1) is 17.6. The Hall–Kier alpha value is -1.77. The number of rotatable bonds is 6.